The second kappa shape index (κ2) is 6.92. The predicted octanol–water partition coefficient (Wildman–Crippen LogP) is 2.77. The fourth-order valence-corrected chi connectivity index (χ4v) is 3.31. The van der Waals surface area contributed by atoms with Crippen LogP contribution in [0.4, 0.5) is 0 Å². The average molecular weight is 287 g/mol. The third-order valence-electron chi connectivity index (χ3n) is 4.49. The first-order valence-corrected chi connectivity index (χ1v) is 8.31. The lowest BCUT2D eigenvalue weighted by Crippen LogP contribution is -2.29. The lowest BCUT2D eigenvalue weighted by Gasteiger charge is -2.12. The molecule has 2 aliphatic carbocycles. The van der Waals surface area contributed by atoms with Crippen molar-refractivity contribution in [2.45, 2.75) is 64.3 Å². The van der Waals surface area contributed by atoms with Crippen LogP contribution >= 0.6 is 0 Å². The average Bonchev–Trinajstić information content (AvgIpc) is 2.90. The third-order valence-corrected chi connectivity index (χ3v) is 4.49. The first-order chi connectivity index (χ1) is 10.3. The Kier molecular flexibility index (Phi) is 4.73. The Bertz CT molecular complexity index is 507. The molecule has 21 heavy (non-hydrogen) atoms. The van der Waals surface area contributed by atoms with E-state index in [9.17, 15) is 4.79 Å². The number of amides is 1. The van der Waals surface area contributed by atoms with E-state index >= 15 is 0 Å². The third kappa shape index (κ3) is 3.96. The summed E-state index contributed by atoms with van der Waals surface area (Å²) in [5.41, 5.74) is 4.04. The van der Waals surface area contributed by atoms with Crippen molar-refractivity contribution in [1.29, 1.82) is 0 Å². The zero-order valence-corrected chi connectivity index (χ0v) is 12.7. The van der Waals surface area contributed by atoms with E-state index in [0.717, 1.165) is 25.8 Å². The molecule has 4 heteroatoms. The van der Waals surface area contributed by atoms with Gasteiger partial charge in [0.25, 0.3) is 0 Å². The number of nitrogens with one attached hydrogen (secondary N) is 1. The number of nitrogens with zero attached hydrogens (tertiary/aromatic N) is 2. The van der Waals surface area contributed by atoms with E-state index in [-0.39, 0.29) is 5.91 Å². The second-order valence-corrected chi connectivity index (χ2v) is 6.21. The van der Waals surface area contributed by atoms with Gasteiger partial charge in [0, 0.05) is 12.7 Å². The maximum absolute atomic E-state index is 12.0. The van der Waals surface area contributed by atoms with Gasteiger partial charge >= 0.3 is 0 Å². The number of hydrogen-bond donors (Lipinski definition) is 1. The molecular weight excluding hydrogens is 262 g/mol. The van der Waals surface area contributed by atoms with Crippen LogP contribution in [0.1, 0.15) is 56.2 Å². The van der Waals surface area contributed by atoms with Gasteiger partial charge < -0.3 is 5.32 Å². The van der Waals surface area contributed by atoms with Gasteiger partial charge in [0.1, 0.15) is 6.54 Å². The normalized spacial score (nSPS) is 18.0. The van der Waals surface area contributed by atoms with Crippen molar-refractivity contribution in [2.24, 2.45) is 0 Å². The van der Waals surface area contributed by atoms with Crippen molar-refractivity contribution >= 4 is 5.91 Å². The Hall–Kier alpha value is -1.58. The number of rotatable bonds is 5. The molecule has 0 unspecified atom stereocenters. The fraction of sp³-hybridized carbons (Fsp3) is 0.647. The molecule has 3 rings (SSSR count). The molecule has 1 amide bonds. The molecule has 1 N–H and O–H groups in total. The smallest absolute Gasteiger partial charge is 0.241 e. The molecule has 2 aliphatic rings. The first kappa shape index (κ1) is 14.4. The Labute approximate surface area is 126 Å². The highest BCUT2D eigenvalue weighted by atomic mass is 16.2. The molecule has 0 saturated heterocycles. The molecule has 0 spiro atoms. The number of aryl methyl sites for hydroxylation is 2. The summed E-state index contributed by atoms with van der Waals surface area (Å²) in [6, 6.07) is 0. The molecule has 0 saturated carbocycles. The molecule has 0 radical (unpaired) electrons. The van der Waals surface area contributed by atoms with Crippen molar-refractivity contribution in [3.05, 3.63) is 29.1 Å². The summed E-state index contributed by atoms with van der Waals surface area (Å²) in [4.78, 5) is 12.0. The minimum Gasteiger partial charge on any atom is -0.354 e. The Morgan fingerprint density at radius 1 is 1.19 bits per heavy atom. The quantitative estimate of drug-likeness (QED) is 0.847. The van der Waals surface area contributed by atoms with Gasteiger partial charge in [-0.05, 0) is 63.4 Å². The molecule has 0 aromatic carbocycles. The van der Waals surface area contributed by atoms with E-state index in [2.05, 4.69) is 22.7 Å². The number of fused-ring (bicyclic) bond motifs is 1. The summed E-state index contributed by atoms with van der Waals surface area (Å²) in [6.45, 7) is 1.11. The van der Waals surface area contributed by atoms with E-state index in [0.29, 0.717) is 6.54 Å². The number of carbonyl (C=O) groups excluding carboxylic acids is 1. The van der Waals surface area contributed by atoms with Gasteiger partial charge in [-0.25, -0.2) is 0 Å². The molecule has 1 heterocycles. The number of aromatic nitrogens is 2. The fourth-order valence-electron chi connectivity index (χ4n) is 3.31. The van der Waals surface area contributed by atoms with Crippen LogP contribution in [0.2, 0.25) is 0 Å². The molecule has 0 aliphatic heterocycles. The molecule has 4 nitrogen and oxygen atoms in total. The molecule has 0 bridgehead atoms. The predicted molar refractivity (Wildman–Crippen MR) is 83.0 cm³/mol. The zero-order chi connectivity index (χ0) is 14.5. The van der Waals surface area contributed by atoms with Crippen LogP contribution in [0.3, 0.4) is 0 Å². The Balaban J connectivity index is 1.43. The largest absolute Gasteiger partial charge is 0.354 e. The van der Waals surface area contributed by atoms with E-state index in [1.165, 1.54) is 55.4 Å². The van der Waals surface area contributed by atoms with Gasteiger partial charge in [-0.15, -0.1) is 0 Å². The second-order valence-electron chi connectivity index (χ2n) is 6.21. The summed E-state index contributed by atoms with van der Waals surface area (Å²) in [7, 11) is 0. The Morgan fingerprint density at radius 3 is 2.86 bits per heavy atom. The Morgan fingerprint density at radius 2 is 2.05 bits per heavy atom. The van der Waals surface area contributed by atoms with Gasteiger partial charge in [-0.2, -0.15) is 5.10 Å². The molecule has 1 aromatic rings. The van der Waals surface area contributed by atoms with Gasteiger partial charge in [-0.1, -0.05) is 11.6 Å². The molecule has 0 atom stereocenters. The summed E-state index contributed by atoms with van der Waals surface area (Å²) in [5.74, 6) is 0.0752. The van der Waals surface area contributed by atoms with Gasteiger partial charge in [-0.3, -0.25) is 9.48 Å². The van der Waals surface area contributed by atoms with Gasteiger partial charge in [0.15, 0.2) is 0 Å². The van der Waals surface area contributed by atoms with E-state index in [1.807, 2.05) is 4.68 Å². The summed E-state index contributed by atoms with van der Waals surface area (Å²) < 4.78 is 1.81. The van der Waals surface area contributed by atoms with Crippen molar-refractivity contribution < 1.29 is 4.79 Å². The zero-order valence-electron chi connectivity index (χ0n) is 12.7. The molecule has 1 aromatic heterocycles. The minimum atomic E-state index is 0.0752. The topological polar surface area (TPSA) is 46.9 Å². The van der Waals surface area contributed by atoms with E-state index in [1.54, 1.807) is 0 Å². The van der Waals surface area contributed by atoms with Crippen molar-refractivity contribution in [2.75, 3.05) is 6.54 Å². The highest BCUT2D eigenvalue weighted by Gasteiger charge is 2.14. The lowest BCUT2D eigenvalue weighted by molar-refractivity contribution is -0.121. The van der Waals surface area contributed by atoms with Crippen LogP contribution in [0.15, 0.2) is 17.8 Å². The molecular formula is C17H25N3O. The van der Waals surface area contributed by atoms with Crippen LogP contribution in [0.5, 0.6) is 0 Å². The van der Waals surface area contributed by atoms with Crippen molar-refractivity contribution in [1.82, 2.24) is 15.1 Å². The molecule has 114 valence electrons. The first-order valence-electron chi connectivity index (χ1n) is 8.31. The van der Waals surface area contributed by atoms with E-state index < -0.39 is 0 Å². The highest BCUT2D eigenvalue weighted by molar-refractivity contribution is 5.75. The van der Waals surface area contributed by atoms with E-state index in [4.69, 9.17) is 0 Å². The van der Waals surface area contributed by atoms with Crippen LogP contribution < -0.4 is 5.32 Å². The van der Waals surface area contributed by atoms with Crippen LogP contribution in [-0.4, -0.2) is 22.2 Å². The number of allylic oxidation sites excluding steroid dienone is 1. The highest BCUT2D eigenvalue weighted by Crippen LogP contribution is 2.20. The lowest BCUT2D eigenvalue weighted by atomic mass is 9.97. The number of carbonyl (C=O) groups is 1. The number of hydrogen-bond acceptors (Lipinski definition) is 2. The van der Waals surface area contributed by atoms with Crippen LogP contribution in [-0.2, 0) is 24.2 Å². The molecule has 0 fully saturated rings. The summed E-state index contributed by atoms with van der Waals surface area (Å²) in [5, 5.41) is 7.55. The maximum atomic E-state index is 12.0. The van der Waals surface area contributed by atoms with Crippen LogP contribution in [0, 0.1) is 0 Å². The van der Waals surface area contributed by atoms with Crippen molar-refractivity contribution in [3.63, 3.8) is 0 Å². The monoisotopic (exact) mass is 287 g/mol. The van der Waals surface area contributed by atoms with Gasteiger partial charge in [0.2, 0.25) is 5.91 Å². The van der Waals surface area contributed by atoms with Crippen molar-refractivity contribution in [3.8, 4) is 0 Å². The minimum absolute atomic E-state index is 0.0752. The van der Waals surface area contributed by atoms with Gasteiger partial charge in [0.05, 0.1) is 5.69 Å². The summed E-state index contributed by atoms with van der Waals surface area (Å²) >= 11 is 0. The summed E-state index contributed by atoms with van der Waals surface area (Å²) in [6.07, 6.45) is 15.1. The standard InChI is InChI=1S/C17H25N3O/c21-17(18-11-10-14-6-2-1-3-7-14)13-20-12-15-8-4-5-9-16(15)19-20/h6,12H,1-5,7-11,13H2,(H,18,21). The van der Waals surface area contributed by atoms with Crippen LogP contribution in [0.25, 0.3) is 0 Å². The maximum Gasteiger partial charge on any atom is 0.241 e. The SMILES string of the molecule is O=C(Cn1cc2c(n1)CCCC2)NCCC1=CCCCC1.